The van der Waals surface area contributed by atoms with Crippen LogP contribution in [-0.4, -0.2) is 85.8 Å². The van der Waals surface area contributed by atoms with Crippen LogP contribution in [0.3, 0.4) is 0 Å². The van der Waals surface area contributed by atoms with Crippen LogP contribution < -0.4 is 0 Å². The smallest absolute Gasteiger partial charge is 0.323 e. The molecule has 0 aliphatic carbocycles. The summed E-state index contributed by atoms with van der Waals surface area (Å²) in [6.45, 7) is 16.7. The Hall–Kier alpha value is -2.71. The molecule has 0 aromatic rings. The van der Waals surface area contributed by atoms with Crippen LogP contribution in [0.1, 0.15) is 446 Å². The zero-order valence-corrected chi connectivity index (χ0v) is 66.4. The first-order valence-corrected chi connectivity index (χ1v) is 43.2. The lowest BCUT2D eigenvalue weighted by Gasteiger charge is -2.27. The first-order valence-electron chi connectivity index (χ1n) is 43.2. The van der Waals surface area contributed by atoms with Gasteiger partial charge in [-0.2, -0.15) is 0 Å². The van der Waals surface area contributed by atoms with E-state index in [1.165, 1.54) is 231 Å². The highest BCUT2D eigenvalue weighted by Gasteiger charge is 2.26. The van der Waals surface area contributed by atoms with Crippen LogP contribution in [0.15, 0.2) is 48.6 Å². The summed E-state index contributed by atoms with van der Waals surface area (Å²) in [6, 6.07) is -0.236. The second-order valence-electron chi connectivity index (χ2n) is 30.0. The molecule has 0 saturated carbocycles. The monoisotopic (exact) mass is 1360 g/mol. The van der Waals surface area contributed by atoms with Gasteiger partial charge in [-0.05, 0) is 214 Å². The molecule has 0 aliphatic heterocycles. The van der Waals surface area contributed by atoms with E-state index in [1.54, 1.807) is 0 Å². The van der Waals surface area contributed by atoms with Gasteiger partial charge in [0, 0.05) is 12.8 Å². The Balaban J connectivity index is 5.66. The van der Waals surface area contributed by atoms with E-state index >= 15 is 0 Å². The van der Waals surface area contributed by atoms with Crippen molar-refractivity contribution in [2.45, 2.75) is 470 Å². The minimum absolute atomic E-state index is 0.00215. The number of esters is 3. The molecule has 0 aromatic heterocycles. The van der Waals surface area contributed by atoms with Crippen LogP contribution in [0.5, 0.6) is 0 Å². The standard InChI is InChI=1S/C89H168N2O6/c1-9-15-21-27-31-33-35-37-39-41-43-45-47-49-53-63-75-85(76-64-54-50-48-46-44-42-40-38-36-34-32-28-22-16-10-2)97-89(94)86(90(7)8)77-67-70-82-91(80-68-57-55-65-78-87(92)95-83(71-59-25-19-13-5)73-61-51-29-23-17-11-3)81-69-58-56-66-79-88(93)96-84(72-60-26-20-14-6)74-62-52-30-24-18-12-4/h31-34,37-40,83-86H,9-30,35-36,41-82H2,1-8H3/b33-31+,34-32+,39-37+,40-38+. The van der Waals surface area contributed by atoms with Gasteiger partial charge < -0.3 is 19.1 Å². The van der Waals surface area contributed by atoms with Gasteiger partial charge in [-0.15, -0.1) is 0 Å². The van der Waals surface area contributed by atoms with Crippen molar-refractivity contribution in [3.05, 3.63) is 48.6 Å². The van der Waals surface area contributed by atoms with Gasteiger partial charge >= 0.3 is 17.9 Å². The topological polar surface area (TPSA) is 85.4 Å². The molecule has 0 aromatic carbocycles. The van der Waals surface area contributed by atoms with Crippen LogP contribution in [0, 0.1) is 0 Å². The summed E-state index contributed by atoms with van der Waals surface area (Å²) >= 11 is 0. The van der Waals surface area contributed by atoms with Crippen LogP contribution >= 0.6 is 0 Å². The van der Waals surface area contributed by atoms with Crippen LogP contribution in [0.2, 0.25) is 0 Å². The van der Waals surface area contributed by atoms with Crippen molar-refractivity contribution in [3.8, 4) is 0 Å². The van der Waals surface area contributed by atoms with E-state index in [4.69, 9.17) is 14.2 Å². The molecule has 0 fully saturated rings. The van der Waals surface area contributed by atoms with Gasteiger partial charge in [-0.3, -0.25) is 19.3 Å². The van der Waals surface area contributed by atoms with E-state index in [9.17, 15) is 14.4 Å². The first kappa shape index (κ1) is 94.3. The number of nitrogens with zero attached hydrogens (tertiary/aromatic N) is 2. The molecular formula is C89H168N2O6. The third-order valence-corrected chi connectivity index (χ3v) is 20.2. The Labute approximate surface area is 605 Å². The zero-order chi connectivity index (χ0) is 70.6. The van der Waals surface area contributed by atoms with Crippen molar-refractivity contribution in [1.29, 1.82) is 0 Å². The summed E-state index contributed by atoms with van der Waals surface area (Å²) in [5.74, 6) is -0.0145. The van der Waals surface area contributed by atoms with Crippen molar-refractivity contribution >= 4 is 17.9 Å². The average Bonchev–Trinajstić information content (AvgIpc) is 2.44. The van der Waals surface area contributed by atoms with E-state index in [0.29, 0.717) is 12.8 Å². The van der Waals surface area contributed by atoms with Gasteiger partial charge in [0.25, 0.3) is 0 Å². The second-order valence-corrected chi connectivity index (χ2v) is 30.0. The van der Waals surface area contributed by atoms with Gasteiger partial charge in [0.15, 0.2) is 0 Å². The Kier molecular flexibility index (Phi) is 75.3. The highest BCUT2D eigenvalue weighted by atomic mass is 16.6. The summed E-state index contributed by atoms with van der Waals surface area (Å²) in [6.07, 6.45) is 91.9. The van der Waals surface area contributed by atoms with Crippen molar-refractivity contribution in [2.75, 3.05) is 33.7 Å². The fourth-order valence-electron chi connectivity index (χ4n) is 13.7. The molecular weight excluding hydrogens is 1190 g/mol. The van der Waals surface area contributed by atoms with Crippen LogP contribution in [-0.2, 0) is 28.6 Å². The quantitative estimate of drug-likeness (QED) is 0.0258. The molecule has 0 saturated heterocycles. The molecule has 8 heteroatoms. The average molecular weight is 1360 g/mol. The maximum atomic E-state index is 14.3. The zero-order valence-electron chi connectivity index (χ0n) is 66.4. The molecule has 97 heavy (non-hydrogen) atoms. The third kappa shape index (κ3) is 68.8. The maximum absolute atomic E-state index is 14.3. The molecule has 0 radical (unpaired) electrons. The van der Waals surface area contributed by atoms with Gasteiger partial charge in [-0.1, -0.05) is 302 Å². The van der Waals surface area contributed by atoms with Crippen molar-refractivity contribution in [1.82, 2.24) is 9.80 Å². The van der Waals surface area contributed by atoms with Crippen molar-refractivity contribution in [2.24, 2.45) is 0 Å². The fraction of sp³-hybridized carbons (Fsp3) is 0.876. The molecule has 0 bridgehead atoms. The fourth-order valence-corrected chi connectivity index (χ4v) is 13.7. The van der Waals surface area contributed by atoms with E-state index in [0.717, 1.165) is 180 Å². The number of likely N-dealkylation sites (N-methyl/N-ethyl adjacent to an activating group) is 1. The third-order valence-electron chi connectivity index (χ3n) is 20.2. The highest BCUT2D eigenvalue weighted by molar-refractivity contribution is 5.76. The number of ether oxygens (including phenoxy) is 3. The van der Waals surface area contributed by atoms with Crippen molar-refractivity contribution < 1.29 is 28.6 Å². The first-order chi connectivity index (χ1) is 47.6. The second kappa shape index (κ2) is 77.4. The molecule has 0 amide bonds. The minimum Gasteiger partial charge on any atom is -0.462 e. The molecule has 0 heterocycles. The van der Waals surface area contributed by atoms with Crippen molar-refractivity contribution in [3.63, 3.8) is 0 Å². The maximum Gasteiger partial charge on any atom is 0.323 e. The molecule has 0 aliphatic rings. The highest BCUT2D eigenvalue weighted by Crippen LogP contribution is 2.23. The van der Waals surface area contributed by atoms with E-state index in [1.807, 2.05) is 0 Å². The number of rotatable bonds is 78. The summed E-state index contributed by atoms with van der Waals surface area (Å²) in [4.78, 5) is 45.4. The van der Waals surface area contributed by atoms with Gasteiger partial charge in [0.1, 0.15) is 24.4 Å². The molecule has 570 valence electrons. The Morgan fingerprint density at radius 3 is 0.835 bits per heavy atom. The number of unbranched alkanes of at least 4 members (excludes halogenated alkanes) is 41. The summed E-state index contributed by atoms with van der Waals surface area (Å²) in [7, 11) is 4.12. The number of hydrogen-bond acceptors (Lipinski definition) is 8. The molecule has 0 N–H and O–H groups in total. The number of hydrogen-bond donors (Lipinski definition) is 0. The van der Waals surface area contributed by atoms with E-state index in [2.05, 4.69) is 114 Å². The Bertz CT molecular complexity index is 1650. The summed E-state index contributed by atoms with van der Waals surface area (Å²) in [5, 5.41) is 0. The van der Waals surface area contributed by atoms with Crippen LogP contribution in [0.4, 0.5) is 0 Å². The molecule has 8 nitrogen and oxygen atoms in total. The van der Waals surface area contributed by atoms with Crippen LogP contribution in [0.25, 0.3) is 0 Å². The predicted molar refractivity (Wildman–Crippen MR) is 425 cm³/mol. The Morgan fingerprint density at radius 2 is 0.505 bits per heavy atom. The number of allylic oxidation sites excluding steroid dienone is 8. The normalized spacial score (nSPS) is 13.1. The largest absolute Gasteiger partial charge is 0.462 e. The minimum atomic E-state index is -0.236. The van der Waals surface area contributed by atoms with Gasteiger partial charge in [0.05, 0.1) is 0 Å². The summed E-state index contributed by atoms with van der Waals surface area (Å²) < 4.78 is 18.9. The lowest BCUT2D eigenvalue weighted by atomic mass is 10.0. The Morgan fingerprint density at radius 1 is 0.268 bits per heavy atom. The molecule has 3 unspecified atom stereocenters. The van der Waals surface area contributed by atoms with E-state index in [-0.39, 0.29) is 42.3 Å². The SMILES string of the molecule is CCCCC/C=C/C/C=C/CCCCCCCCC(CCCCCCCC/C=C/C/C=C/CCCCC)OC(=O)C(CCCCN(CCCCCCC(=O)OC(CCCCCC)CCCCCCCC)CCCCCCC(=O)OC(CCCCCC)CCCCCCCC)N(C)C. The molecule has 0 spiro atoms. The van der Waals surface area contributed by atoms with E-state index < -0.39 is 0 Å². The van der Waals surface area contributed by atoms with Gasteiger partial charge in [-0.25, -0.2) is 0 Å². The summed E-state index contributed by atoms with van der Waals surface area (Å²) in [5.41, 5.74) is 0. The lowest BCUT2D eigenvalue weighted by Crippen LogP contribution is -2.39. The predicted octanol–water partition coefficient (Wildman–Crippen LogP) is 27.9. The molecule has 3 atom stereocenters. The molecule has 0 rings (SSSR count). The number of carbonyl (C=O) groups excluding carboxylic acids is 3. The lowest BCUT2D eigenvalue weighted by molar-refractivity contribution is -0.156. The van der Waals surface area contributed by atoms with Gasteiger partial charge in [0.2, 0.25) is 0 Å². The number of carbonyl (C=O) groups is 3.